The minimum absolute atomic E-state index is 0.0142. The molecule has 18 nitrogen and oxygen atoms in total. The van der Waals surface area contributed by atoms with Gasteiger partial charge in [-0.2, -0.15) is 0 Å². The standard InChI is InChI=1S/C42H72N4O14/c1-29(2)25-57-37(49)13-17-45(18-14-38(50)58-26-30(3)4)21-23-55-35(47)11-9-33-41(53)44-34(42(54)43-33)10-12-36(48)56-24-22-46(19-15-39(51)59-27-31(5)6)20-16-40(52)60-28-32(7)8/h29-34H,9-28H2,1-8H3,(H,43,54)(H,44,53). The van der Waals surface area contributed by atoms with Crippen LogP contribution in [0.2, 0.25) is 0 Å². The van der Waals surface area contributed by atoms with Crippen LogP contribution in [0.3, 0.4) is 0 Å². The van der Waals surface area contributed by atoms with Gasteiger partial charge in [0.25, 0.3) is 0 Å². The number of nitrogens with one attached hydrogen (secondary N) is 2. The summed E-state index contributed by atoms with van der Waals surface area (Å²) in [4.78, 5) is 103. The number of hydrogen-bond donors (Lipinski definition) is 2. The highest BCUT2D eigenvalue weighted by Gasteiger charge is 2.34. The summed E-state index contributed by atoms with van der Waals surface area (Å²) < 4.78 is 31.7. The maximum absolute atomic E-state index is 12.8. The maximum Gasteiger partial charge on any atom is 0.307 e. The lowest BCUT2D eigenvalue weighted by atomic mass is 10.0. The minimum atomic E-state index is -0.977. The normalized spacial score (nSPS) is 15.3. The van der Waals surface area contributed by atoms with E-state index < -0.39 is 35.8 Å². The van der Waals surface area contributed by atoms with E-state index in [-0.39, 0.29) is 151 Å². The van der Waals surface area contributed by atoms with Crippen molar-refractivity contribution in [3.8, 4) is 0 Å². The van der Waals surface area contributed by atoms with Crippen LogP contribution in [0.4, 0.5) is 0 Å². The highest BCUT2D eigenvalue weighted by Crippen LogP contribution is 2.11. The van der Waals surface area contributed by atoms with Crippen LogP contribution >= 0.6 is 0 Å². The Hall–Kier alpha value is -4.32. The SMILES string of the molecule is CC(C)COC(=O)CCN(CCOC(=O)CCC1NC(=O)C(CCC(=O)OCCN(CCC(=O)OCC(C)C)CCC(=O)OCC(C)C)NC1=O)CCC(=O)OCC(C)C. The van der Waals surface area contributed by atoms with Gasteiger partial charge in [0.15, 0.2) is 0 Å². The molecule has 0 aromatic carbocycles. The first kappa shape index (κ1) is 53.7. The first-order chi connectivity index (χ1) is 28.3. The van der Waals surface area contributed by atoms with Gasteiger partial charge in [-0.15, -0.1) is 0 Å². The van der Waals surface area contributed by atoms with Gasteiger partial charge < -0.3 is 39.1 Å². The quantitative estimate of drug-likeness (QED) is 0.0733. The van der Waals surface area contributed by atoms with Crippen LogP contribution in [0.5, 0.6) is 0 Å². The van der Waals surface area contributed by atoms with E-state index in [4.69, 9.17) is 28.4 Å². The maximum atomic E-state index is 12.8. The zero-order valence-electron chi connectivity index (χ0n) is 37.2. The molecule has 1 fully saturated rings. The lowest BCUT2D eigenvalue weighted by molar-refractivity contribution is -0.148. The fourth-order valence-corrected chi connectivity index (χ4v) is 5.32. The van der Waals surface area contributed by atoms with Crippen molar-refractivity contribution in [3.63, 3.8) is 0 Å². The fourth-order valence-electron chi connectivity index (χ4n) is 5.32. The number of carbonyl (C=O) groups excluding carboxylic acids is 8. The first-order valence-corrected chi connectivity index (χ1v) is 21.3. The highest BCUT2D eigenvalue weighted by molar-refractivity contribution is 5.97. The molecule has 0 aliphatic carbocycles. The van der Waals surface area contributed by atoms with E-state index >= 15 is 0 Å². The van der Waals surface area contributed by atoms with Gasteiger partial charge in [0.05, 0.1) is 52.1 Å². The van der Waals surface area contributed by atoms with Gasteiger partial charge in [0.2, 0.25) is 11.8 Å². The van der Waals surface area contributed by atoms with E-state index in [2.05, 4.69) is 10.6 Å². The summed E-state index contributed by atoms with van der Waals surface area (Å²) in [5.74, 6) is -2.90. The van der Waals surface area contributed by atoms with E-state index in [0.717, 1.165) is 0 Å². The van der Waals surface area contributed by atoms with E-state index in [9.17, 15) is 38.4 Å². The summed E-state index contributed by atoms with van der Waals surface area (Å²) in [6.07, 6.45) is 0.0343. The van der Waals surface area contributed by atoms with Gasteiger partial charge in [-0.1, -0.05) is 55.4 Å². The van der Waals surface area contributed by atoms with E-state index in [1.165, 1.54) is 0 Å². The van der Waals surface area contributed by atoms with Crippen molar-refractivity contribution in [3.05, 3.63) is 0 Å². The zero-order valence-corrected chi connectivity index (χ0v) is 37.2. The summed E-state index contributed by atoms with van der Waals surface area (Å²) in [6, 6.07) is -1.95. The Balaban J connectivity index is 2.52. The number of ether oxygens (including phenoxy) is 6. The molecule has 2 N–H and O–H groups in total. The molecule has 1 aliphatic rings. The third-order valence-corrected chi connectivity index (χ3v) is 8.72. The number of nitrogens with zero attached hydrogens (tertiary/aromatic N) is 2. The number of hydrogen-bond acceptors (Lipinski definition) is 16. The zero-order chi connectivity index (χ0) is 45.0. The van der Waals surface area contributed by atoms with Crippen LogP contribution in [-0.4, -0.2) is 148 Å². The van der Waals surface area contributed by atoms with Crippen LogP contribution in [-0.2, 0) is 66.8 Å². The topological polar surface area (TPSA) is 222 Å². The van der Waals surface area contributed by atoms with Gasteiger partial charge in [0.1, 0.15) is 25.3 Å². The monoisotopic (exact) mass is 857 g/mol. The lowest BCUT2D eigenvalue weighted by Crippen LogP contribution is -2.61. The van der Waals surface area contributed by atoms with Gasteiger partial charge in [-0.25, -0.2) is 0 Å². The second-order valence-electron chi connectivity index (χ2n) is 16.6. The summed E-state index contributed by atoms with van der Waals surface area (Å²) in [5, 5.41) is 5.21. The molecule has 1 heterocycles. The smallest absolute Gasteiger partial charge is 0.307 e. The summed E-state index contributed by atoms with van der Waals surface area (Å²) in [5.41, 5.74) is 0. The molecule has 0 saturated carbocycles. The molecular weight excluding hydrogens is 784 g/mol. The van der Waals surface area contributed by atoms with Gasteiger partial charge in [0, 0.05) is 52.1 Å². The van der Waals surface area contributed by atoms with E-state index in [1.807, 2.05) is 65.2 Å². The van der Waals surface area contributed by atoms with Crippen molar-refractivity contribution >= 4 is 47.6 Å². The van der Waals surface area contributed by atoms with Crippen molar-refractivity contribution in [2.75, 3.05) is 78.9 Å². The van der Waals surface area contributed by atoms with E-state index in [1.54, 1.807) is 0 Å². The number of esters is 6. The molecule has 0 aromatic heterocycles. The molecule has 1 rings (SSSR count). The van der Waals surface area contributed by atoms with Crippen molar-refractivity contribution in [1.82, 2.24) is 20.4 Å². The predicted octanol–water partition coefficient (Wildman–Crippen LogP) is 2.58. The molecule has 0 bridgehead atoms. The minimum Gasteiger partial charge on any atom is -0.465 e. The van der Waals surface area contributed by atoms with Crippen molar-refractivity contribution in [2.45, 2.75) is 119 Å². The Morgan fingerprint density at radius 2 is 0.667 bits per heavy atom. The second kappa shape index (κ2) is 30.7. The average Bonchev–Trinajstić information content (AvgIpc) is 3.18. The van der Waals surface area contributed by atoms with Crippen LogP contribution in [0.1, 0.15) is 107 Å². The van der Waals surface area contributed by atoms with Crippen molar-refractivity contribution in [2.24, 2.45) is 23.7 Å². The third kappa shape index (κ3) is 27.4. The van der Waals surface area contributed by atoms with Gasteiger partial charge in [-0.05, 0) is 36.5 Å². The molecule has 0 aromatic rings. The third-order valence-electron chi connectivity index (χ3n) is 8.72. The fraction of sp³-hybridized carbons (Fsp3) is 0.810. The predicted molar refractivity (Wildman–Crippen MR) is 219 cm³/mol. The largest absolute Gasteiger partial charge is 0.465 e. The number of piperazine rings is 1. The summed E-state index contributed by atoms with van der Waals surface area (Å²) in [7, 11) is 0. The first-order valence-electron chi connectivity index (χ1n) is 21.3. The van der Waals surface area contributed by atoms with Crippen molar-refractivity contribution in [1.29, 1.82) is 0 Å². The molecular formula is C42H72N4O14. The number of amides is 2. The Bertz CT molecular complexity index is 1200. The van der Waals surface area contributed by atoms with Crippen LogP contribution in [0, 0.1) is 23.7 Å². The van der Waals surface area contributed by atoms with Crippen LogP contribution in [0.25, 0.3) is 0 Å². The number of rotatable bonds is 32. The highest BCUT2D eigenvalue weighted by atomic mass is 16.6. The van der Waals surface area contributed by atoms with E-state index in [0.29, 0.717) is 26.4 Å². The summed E-state index contributed by atoms with van der Waals surface area (Å²) >= 11 is 0. The Labute approximate surface area is 355 Å². The molecule has 60 heavy (non-hydrogen) atoms. The molecule has 2 unspecified atom stereocenters. The Morgan fingerprint density at radius 1 is 0.417 bits per heavy atom. The van der Waals surface area contributed by atoms with Gasteiger partial charge in [-0.3, -0.25) is 48.2 Å². The molecule has 1 aliphatic heterocycles. The lowest BCUT2D eigenvalue weighted by Gasteiger charge is -2.29. The van der Waals surface area contributed by atoms with Crippen molar-refractivity contribution < 1.29 is 66.8 Å². The molecule has 344 valence electrons. The molecule has 2 atom stereocenters. The number of carbonyl (C=O) groups is 8. The Morgan fingerprint density at radius 3 is 0.917 bits per heavy atom. The second-order valence-corrected chi connectivity index (χ2v) is 16.6. The van der Waals surface area contributed by atoms with Gasteiger partial charge >= 0.3 is 35.8 Å². The average molecular weight is 857 g/mol. The van der Waals surface area contributed by atoms with Crippen LogP contribution in [0.15, 0.2) is 0 Å². The molecule has 2 amide bonds. The molecule has 0 spiro atoms. The Kier molecular flexibility index (Phi) is 27.4. The molecule has 0 radical (unpaired) electrons. The van der Waals surface area contributed by atoms with Crippen LogP contribution < -0.4 is 10.6 Å². The molecule has 1 saturated heterocycles. The molecule has 18 heteroatoms. The summed E-state index contributed by atoms with van der Waals surface area (Å²) in [6.45, 7) is 18.2.